The van der Waals surface area contributed by atoms with Gasteiger partial charge in [0, 0.05) is 36.0 Å². The molecule has 0 aromatic heterocycles. The molecule has 24 heavy (non-hydrogen) atoms. The van der Waals surface area contributed by atoms with Crippen LogP contribution in [0.2, 0.25) is 0 Å². The molecule has 2 aliphatic heterocycles. The lowest BCUT2D eigenvalue weighted by molar-refractivity contribution is 0.0994. The summed E-state index contributed by atoms with van der Waals surface area (Å²) in [5.74, 6) is -0.0933. The Morgan fingerprint density at radius 2 is 2.04 bits per heavy atom. The number of rotatable bonds is 3. The Morgan fingerprint density at radius 1 is 1.25 bits per heavy atom. The van der Waals surface area contributed by atoms with Gasteiger partial charge in [-0.05, 0) is 31.5 Å². The monoisotopic (exact) mass is 346 g/mol. The van der Waals surface area contributed by atoms with E-state index in [9.17, 15) is 18.3 Å². The van der Waals surface area contributed by atoms with Crippen LogP contribution in [0.15, 0.2) is 35.2 Å². The first-order chi connectivity index (χ1) is 11.4. The van der Waals surface area contributed by atoms with Gasteiger partial charge < -0.3 is 10.0 Å². The molecule has 0 aliphatic carbocycles. The third-order valence-corrected chi connectivity index (χ3v) is 6.73. The number of hydrogen-bond donors (Lipinski definition) is 1. The van der Waals surface area contributed by atoms with E-state index in [-0.39, 0.29) is 17.3 Å². The van der Waals surface area contributed by atoms with Gasteiger partial charge in [-0.15, -0.1) is 0 Å². The molecule has 0 saturated carbocycles. The van der Waals surface area contributed by atoms with Gasteiger partial charge in [0.2, 0.25) is 10.0 Å². The highest BCUT2D eigenvalue weighted by atomic mass is 32.2. The lowest BCUT2D eigenvalue weighted by Gasteiger charge is -2.19. The number of aliphatic hydroxyl groups is 1. The van der Waals surface area contributed by atoms with Gasteiger partial charge in [0.05, 0.1) is 16.7 Å². The summed E-state index contributed by atoms with van der Waals surface area (Å²) < 4.78 is 27.3. The number of nitrogens with zero attached hydrogens (tertiary/aromatic N) is 2. The number of anilines is 1. The second-order valence-electron chi connectivity index (χ2n) is 6.17. The van der Waals surface area contributed by atoms with Crippen molar-refractivity contribution in [1.29, 1.82) is 0 Å². The highest BCUT2D eigenvalue weighted by molar-refractivity contribution is 7.89. The summed E-state index contributed by atoms with van der Waals surface area (Å²) in [7, 11) is -3.70. The molecule has 0 unspecified atom stereocenters. The molecule has 0 spiro atoms. The number of sulfonamides is 1. The Bertz CT molecular complexity index is 954. The average Bonchev–Trinajstić information content (AvgIpc) is 3.12. The van der Waals surface area contributed by atoms with Crippen LogP contribution >= 0.6 is 0 Å². The Balaban J connectivity index is 1.94. The molecule has 2 aromatic rings. The first kappa shape index (κ1) is 15.6. The van der Waals surface area contributed by atoms with Crippen LogP contribution in [0.3, 0.4) is 0 Å². The third-order valence-electron chi connectivity index (χ3n) is 4.81. The van der Waals surface area contributed by atoms with Crippen molar-refractivity contribution in [2.24, 2.45) is 0 Å². The predicted octanol–water partition coefficient (Wildman–Crippen LogP) is 1.58. The molecule has 4 rings (SSSR count). The van der Waals surface area contributed by atoms with Gasteiger partial charge in [0.1, 0.15) is 0 Å². The van der Waals surface area contributed by atoms with E-state index in [4.69, 9.17) is 0 Å². The van der Waals surface area contributed by atoms with Crippen molar-refractivity contribution in [1.82, 2.24) is 4.31 Å². The van der Waals surface area contributed by atoms with Crippen LogP contribution in [0.25, 0.3) is 10.8 Å². The zero-order chi connectivity index (χ0) is 17.1. The maximum atomic E-state index is 13.0. The van der Waals surface area contributed by atoms with Crippen molar-refractivity contribution in [3.05, 3.63) is 35.9 Å². The molecule has 2 aliphatic rings. The smallest absolute Gasteiger partial charge is 0.258 e. The van der Waals surface area contributed by atoms with Crippen LogP contribution in [0, 0.1) is 0 Å². The lowest BCUT2D eigenvalue weighted by Crippen LogP contribution is -2.30. The number of carbonyl (C=O) groups excluding carboxylic acids is 1. The Hall–Kier alpha value is -1.96. The predicted molar refractivity (Wildman–Crippen MR) is 90.7 cm³/mol. The summed E-state index contributed by atoms with van der Waals surface area (Å²) >= 11 is 0. The van der Waals surface area contributed by atoms with E-state index in [1.165, 1.54) is 4.31 Å². The highest BCUT2D eigenvalue weighted by Crippen LogP contribution is 2.40. The van der Waals surface area contributed by atoms with Crippen LogP contribution in [0.5, 0.6) is 0 Å². The fraction of sp³-hybridized carbons (Fsp3) is 0.353. The topological polar surface area (TPSA) is 77.9 Å². The summed E-state index contributed by atoms with van der Waals surface area (Å²) in [6, 6.07) is 8.48. The normalized spacial score (nSPS) is 21.2. The molecule has 1 atom stereocenters. The van der Waals surface area contributed by atoms with Gasteiger partial charge in [0.25, 0.3) is 5.91 Å². The fourth-order valence-electron chi connectivity index (χ4n) is 3.63. The molecule has 2 heterocycles. The van der Waals surface area contributed by atoms with Crippen molar-refractivity contribution in [3.8, 4) is 0 Å². The molecule has 6 nitrogen and oxygen atoms in total. The van der Waals surface area contributed by atoms with Gasteiger partial charge in [-0.25, -0.2) is 8.42 Å². The molecule has 0 radical (unpaired) electrons. The molecule has 1 N–H and O–H groups in total. The molecule has 0 bridgehead atoms. The second-order valence-corrected chi connectivity index (χ2v) is 8.07. The SMILES string of the molecule is CCN1C(=O)c2cccc3c(S(=O)(=O)N4CC[C@@H](O)C4)ccc1c23. The van der Waals surface area contributed by atoms with Gasteiger partial charge in [-0.3, -0.25) is 4.79 Å². The van der Waals surface area contributed by atoms with Crippen LogP contribution in [-0.2, 0) is 10.0 Å². The summed E-state index contributed by atoms with van der Waals surface area (Å²) in [6.45, 7) is 2.86. The van der Waals surface area contributed by atoms with E-state index >= 15 is 0 Å². The molecular weight excluding hydrogens is 328 g/mol. The van der Waals surface area contributed by atoms with E-state index in [1.54, 1.807) is 35.2 Å². The maximum absolute atomic E-state index is 13.0. The first-order valence-electron chi connectivity index (χ1n) is 8.01. The van der Waals surface area contributed by atoms with Crippen LogP contribution in [0.4, 0.5) is 5.69 Å². The van der Waals surface area contributed by atoms with E-state index in [0.29, 0.717) is 35.8 Å². The Morgan fingerprint density at radius 3 is 2.71 bits per heavy atom. The number of amides is 1. The van der Waals surface area contributed by atoms with Crippen LogP contribution in [0.1, 0.15) is 23.7 Å². The second kappa shape index (κ2) is 5.27. The molecule has 1 saturated heterocycles. The van der Waals surface area contributed by atoms with E-state index in [0.717, 1.165) is 5.69 Å². The first-order valence-corrected chi connectivity index (χ1v) is 9.45. The van der Waals surface area contributed by atoms with Crippen LogP contribution in [-0.4, -0.2) is 49.5 Å². The van der Waals surface area contributed by atoms with Gasteiger partial charge in [-0.1, -0.05) is 12.1 Å². The highest BCUT2D eigenvalue weighted by Gasteiger charge is 2.35. The van der Waals surface area contributed by atoms with Crippen molar-refractivity contribution < 1.29 is 18.3 Å². The number of aliphatic hydroxyl groups excluding tert-OH is 1. The average molecular weight is 346 g/mol. The number of β-amino-alcohol motifs (C(OH)–C–C–N with tert-alkyl or cyclic N) is 1. The van der Waals surface area contributed by atoms with Crippen molar-refractivity contribution in [2.75, 3.05) is 24.5 Å². The molecule has 1 amide bonds. The number of hydrogen-bond acceptors (Lipinski definition) is 4. The van der Waals surface area contributed by atoms with E-state index in [2.05, 4.69) is 0 Å². The van der Waals surface area contributed by atoms with E-state index < -0.39 is 16.1 Å². The summed E-state index contributed by atoms with van der Waals surface area (Å²) in [5.41, 5.74) is 1.30. The molecule has 2 aromatic carbocycles. The lowest BCUT2D eigenvalue weighted by atomic mass is 10.1. The number of benzene rings is 2. The van der Waals surface area contributed by atoms with Gasteiger partial charge in [0.15, 0.2) is 0 Å². The summed E-state index contributed by atoms with van der Waals surface area (Å²) in [4.78, 5) is 14.4. The largest absolute Gasteiger partial charge is 0.392 e. The minimum atomic E-state index is -3.70. The number of carbonyl (C=O) groups is 1. The third kappa shape index (κ3) is 2.02. The van der Waals surface area contributed by atoms with E-state index in [1.807, 2.05) is 6.92 Å². The van der Waals surface area contributed by atoms with Gasteiger partial charge >= 0.3 is 0 Å². The quantitative estimate of drug-likeness (QED) is 0.915. The zero-order valence-corrected chi connectivity index (χ0v) is 14.1. The fourth-order valence-corrected chi connectivity index (χ4v) is 5.31. The van der Waals surface area contributed by atoms with Gasteiger partial charge in [-0.2, -0.15) is 4.31 Å². The molecule has 1 fully saturated rings. The summed E-state index contributed by atoms with van der Waals surface area (Å²) in [5, 5.41) is 10.9. The standard InChI is InChI=1S/C17H18N2O4S/c1-2-19-14-6-7-15(24(22,23)18-9-8-11(20)10-18)12-4-3-5-13(16(12)14)17(19)21/h3-7,11,20H,2,8-10H2,1H3/t11-/m1/s1. The van der Waals surface area contributed by atoms with Crippen molar-refractivity contribution in [3.63, 3.8) is 0 Å². The molecule has 7 heteroatoms. The maximum Gasteiger partial charge on any atom is 0.258 e. The Kier molecular flexibility index (Phi) is 3.42. The van der Waals surface area contributed by atoms with Crippen LogP contribution < -0.4 is 4.90 Å². The molecule has 126 valence electrons. The van der Waals surface area contributed by atoms with Crippen molar-refractivity contribution in [2.45, 2.75) is 24.3 Å². The summed E-state index contributed by atoms with van der Waals surface area (Å²) in [6.07, 6.45) is -0.170. The Labute approximate surface area is 140 Å². The minimum absolute atomic E-state index is 0.0933. The minimum Gasteiger partial charge on any atom is -0.392 e. The van der Waals surface area contributed by atoms with Crippen molar-refractivity contribution >= 4 is 32.4 Å². The molecular formula is C17H18N2O4S. The zero-order valence-electron chi connectivity index (χ0n) is 13.3.